The van der Waals surface area contributed by atoms with E-state index in [2.05, 4.69) is 5.32 Å². The molecule has 2 unspecified atom stereocenters. The van der Waals surface area contributed by atoms with Crippen molar-refractivity contribution in [1.29, 1.82) is 0 Å². The van der Waals surface area contributed by atoms with Crippen LogP contribution in [0.1, 0.15) is 40.0 Å². The maximum atomic E-state index is 12.5. The Balaban J connectivity index is 1.85. The zero-order valence-electron chi connectivity index (χ0n) is 15.8. The molecule has 26 heavy (non-hydrogen) atoms. The fraction of sp³-hybridized carbons (Fsp3) is 0.882. The number of carbonyl (C=O) groups is 2. The van der Waals surface area contributed by atoms with Crippen LogP contribution in [0.3, 0.4) is 0 Å². The van der Waals surface area contributed by atoms with Gasteiger partial charge in [-0.3, -0.25) is 4.79 Å². The number of piperidine rings is 2. The number of hydrogen-bond acceptors (Lipinski definition) is 4. The number of aliphatic carboxylic acids is 1. The Hall–Kier alpha value is -1.35. The molecule has 0 radical (unpaired) electrons. The van der Waals surface area contributed by atoms with E-state index in [-0.39, 0.29) is 36.2 Å². The predicted molar refractivity (Wildman–Crippen MR) is 98.2 cm³/mol. The largest absolute Gasteiger partial charge is 0.481 e. The molecule has 2 fully saturated rings. The number of amides is 2. The van der Waals surface area contributed by atoms with Crippen LogP contribution in [-0.2, 0) is 14.8 Å². The van der Waals surface area contributed by atoms with Gasteiger partial charge in [-0.05, 0) is 31.1 Å². The summed E-state index contributed by atoms with van der Waals surface area (Å²) in [5, 5.41) is 12.2. The Morgan fingerprint density at radius 2 is 1.81 bits per heavy atom. The van der Waals surface area contributed by atoms with E-state index < -0.39 is 21.9 Å². The van der Waals surface area contributed by atoms with Crippen molar-refractivity contribution in [3.63, 3.8) is 0 Å². The normalized spacial score (nSPS) is 26.1. The molecule has 0 spiro atoms. The second kappa shape index (κ2) is 8.56. The third-order valence-electron chi connectivity index (χ3n) is 5.02. The zero-order chi connectivity index (χ0) is 19.5. The van der Waals surface area contributed by atoms with Crippen molar-refractivity contribution in [2.45, 2.75) is 46.1 Å². The van der Waals surface area contributed by atoms with E-state index in [4.69, 9.17) is 0 Å². The van der Waals surface area contributed by atoms with Gasteiger partial charge in [-0.25, -0.2) is 17.5 Å². The van der Waals surface area contributed by atoms with Crippen LogP contribution in [0.5, 0.6) is 0 Å². The van der Waals surface area contributed by atoms with Gasteiger partial charge in [0.25, 0.3) is 0 Å². The van der Waals surface area contributed by atoms with Crippen LogP contribution in [-0.4, -0.2) is 72.7 Å². The summed E-state index contributed by atoms with van der Waals surface area (Å²) < 4.78 is 26.1. The third-order valence-corrected chi connectivity index (χ3v) is 7.25. The number of carboxylic acid groups (broad SMARTS) is 1. The van der Waals surface area contributed by atoms with Crippen LogP contribution in [0.4, 0.5) is 4.79 Å². The number of hydrogen-bond donors (Lipinski definition) is 2. The Bertz CT molecular complexity index is 614. The Morgan fingerprint density at radius 1 is 1.19 bits per heavy atom. The van der Waals surface area contributed by atoms with Crippen molar-refractivity contribution in [3.8, 4) is 0 Å². The van der Waals surface area contributed by atoms with Crippen LogP contribution in [0.25, 0.3) is 0 Å². The fourth-order valence-corrected chi connectivity index (χ4v) is 5.59. The molecular weight excluding hydrogens is 358 g/mol. The van der Waals surface area contributed by atoms with Crippen LogP contribution < -0.4 is 5.32 Å². The van der Waals surface area contributed by atoms with Gasteiger partial charge in [-0.2, -0.15) is 0 Å². The average Bonchev–Trinajstić information content (AvgIpc) is 2.53. The quantitative estimate of drug-likeness (QED) is 0.734. The molecule has 2 saturated heterocycles. The van der Waals surface area contributed by atoms with Gasteiger partial charge in [0, 0.05) is 32.2 Å². The Labute approximate surface area is 156 Å². The Kier molecular flexibility index (Phi) is 6.90. The SMILES string of the molecule is CC(C)CS(=O)(=O)N1CCC(NC(=O)N2CC(C)CC(C(=O)O)C2)CC1. The number of nitrogens with zero attached hydrogens (tertiary/aromatic N) is 2. The minimum absolute atomic E-state index is 0.0755. The second-order valence-electron chi connectivity index (χ2n) is 8.08. The molecule has 0 aromatic carbocycles. The molecule has 2 atom stereocenters. The monoisotopic (exact) mass is 389 g/mol. The molecule has 150 valence electrons. The topological polar surface area (TPSA) is 107 Å². The molecular formula is C17H31N3O5S. The number of nitrogens with one attached hydrogen (secondary N) is 1. The second-order valence-corrected chi connectivity index (χ2v) is 10.1. The zero-order valence-corrected chi connectivity index (χ0v) is 16.7. The van der Waals surface area contributed by atoms with Crippen molar-refractivity contribution >= 4 is 22.0 Å². The highest BCUT2D eigenvalue weighted by Crippen LogP contribution is 2.22. The summed E-state index contributed by atoms with van der Waals surface area (Å²) in [7, 11) is -3.23. The summed E-state index contributed by atoms with van der Waals surface area (Å²) >= 11 is 0. The highest BCUT2D eigenvalue weighted by atomic mass is 32.2. The lowest BCUT2D eigenvalue weighted by molar-refractivity contribution is -0.143. The van der Waals surface area contributed by atoms with Crippen LogP contribution >= 0.6 is 0 Å². The molecule has 0 bridgehead atoms. The lowest BCUT2D eigenvalue weighted by Gasteiger charge is -2.37. The number of carboxylic acids is 1. The Morgan fingerprint density at radius 3 is 2.35 bits per heavy atom. The standard InChI is InChI=1S/C17H31N3O5S/c1-12(2)11-26(24,25)20-6-4-15(5-7-20)18-17(23)19-9-13(3)8-14(10-19)16(21)22/h12-15H,4-11H2,1-3H3,(H,18,23)(H,21,22). The van der Waals surface area contributed by atoms with Gasteiger partial charge in [-0.15, -0.1) is 0 Å². The number of urea groups is 1. The van der Waals surface area contributed by atoms with Crippen LogP contribution in [0, 0.1) is 17.8 Å². The highest BCUT2D eigenvalue weighted by Gasteiger charge is 2.34. The van der Waals surface area contributed by atoms with E-state index in [1.165, 1.54) is 4.31 Å². The van der Waals surface area contributed by atoms with E-state index in [1.807, 2.05) is 20.8 Å². The number of sulfonamides is 1. The van der Waals surface area contributed by atoms with E-state index >= 15 is 0 Å². The van der Waals surface area contributed by atoms with E-state index in [9.17, 15) is 23.1 Å². The summed E-state index contributed by atoms with van der Waals surface area (Å²) in [5.74, 6) is -1.00. The van der Waals surface area contributed by atoms with E-state index in [1.54, 1.807) is 4.90 Å². The molecule has 2 aliphatic rings. The van der Waals surface area contributed by atoms with Crippen LogP contribution in [0.2, 0.25) is 0 Å². The minimum atomic E-state index is -3.23. The van der Waals surface area contributed by atoms with Crippen molar-refractivity contribution in [2.24, 2.45) is 17.8 Å². The van der Waals surface area contributed by atoms with Gasteiger partial charge in [0.05, 0.1) is 11.7 Å². The molecule has 8 nitrogen and oxygen atoms in total. The number of likely N-dealkylation sites (tertiary alicyclic amines) is 1. The van der Waals surface area contributed by atoms with Crippen molar-refractivity contribution in [2.75, 3.05) is 31.9 Å². The van der Waals surface area contributed by atoms with Crippen molar-refractivity contribution < 1.29 is 23.1 Å². The maximum Gasteiger partial charge on any atom is 0.317 e. The summed E-state index contributed by atoms with van der Waals surface area (Å²) in [6.07, 6.45) is 1.74. The van der Waals surface area contributed by atoms with Gasteiger partial charge in [0.1, 0.15) is 0 Å². The lowest BCUT2D eigenvalue weighted by Crippen LogP contribution is -2.54. The first-order valence-corrected chi connectivity index (χ1v) is 11.0. The summed E-state index contributed by atoms with van der Waals surface area (Å²) in [4.78, 5) is 25.3. The third kappa shape index (κ3) is 5.57. The molecule has 2 amide bonds. The van der Waals surface area contributed by atoms with Gasteiger partial charge < -0.3 is 15.3 Å². The molecule has 0 aliphatic carbocycles. The van der Waals surface area contributed by atoms with Gasteiger partial charge >= 0.3 is 12.0 Å². The summed E-state index contributed by atoms with van der Waals surface area (Å²) in [6.45, 7) is 7.32. The maximum absolute atomic E-state index is 12.5. The predicted octanol–water partition coefficient (Wildman–Crippen LogP) is 1.19. The highest BCUT2D eigenvalue weighted by molar-refractivity contribution is 7.89. The number of carbonyl (C=O) groups excluding carboxylic acids is 1. The van der Waals surface area contributed by atoms with Gasteiger partial charge in [-0.1, -0.05) is 20.8 Å². The number of rotatable bonds is 5. The first-order valence-electron chi connectivity index (χ1n) is 9.34. The fourth-order valence-electron chi connectivity index (χ4n) is 3.77. The molecule has 2 heterocycles. The summed E-state index contributed by atoms with van der Waals surface area (Å²) in [5.41, 5.74) is 0. The molecule has 0 saturated carbocycles. The van der Waals surface area contributed by atoms with E-state index in [0.717, 1.165) is 0 Å². The molecule has 2 aliphatic heterocycles. The van der Waals surface area contributed by atoms with Crippen molar-refractivity contribution in [1.82, 2.24) is 14.5 Å². The van der Waals surface area contributed by atoms with E-state index in [0.29, 0.717) is 38.9 Å². The van der Waals surface area contributed by atoms with Gasteiger partial charge in [0.15, 0.2) is 0 Å². The first-order chi connectivity index (χ1) is 12.1. The molecule has 2 rings (SSSR count). The summed E-state index contributed by atoms with van der Waals surface area (Å²) in [6, 6.07) is -0.320. The molecule has 0 aromatic rings. The lowest BCUT2D eigenvalue weighted by atomic mass is 9.91. The average molecular weight is 390 g/mol. The molecule has 2 N–H and O–H groups in total. The van der Waals surface area contributed by atoms with Gasteiger partial charge in [0.2, 0.25) is 10.0 Å². The smallest absolute Gasteiger partial charge is 0.317 e. The first kappa shape index (κ1) is 21.0. The molecule has 9 heteroatoms. The molecule has 0 aromatic heterocycles. The minimum Gasteiger partial charge on any atom is -0.481 e. The van der Waals surface area contributed by atoms with Crippen LogP contribution in [0.15, 0.2) is 0 Å². The van der Waals surface area contributed by atoms with Crippen molar-refractivity contribution in [3.05, 3.63) is 0 Å².